The molecular weight excluding hydrogens is 246 g/mol. The van der Waals surface area contributed by atoms with Crippen molar-refractivity contribution < 1.29 is 0 Å². The van der Waals surface area contributed by atoms with Crippen LogP contribution in [0.5, 0.6) is 0 Å². The number of hydrogen-bond donors (Lipinski definition) is 1. The summed E-state index contributed by atoms with van der Waals surface area (Å²) in [5.41, 5.74) is 1.40. The van der Waals surface area contributed by atoms with Crippen molar-refractivity contribution in [2.75, 3.05) is 18.4 Å². The average molecular weight is 273 g/mol. The van der Waals surface area contributed by atoms with E-state index in [1.165, 1.54) is 50.8 Å². The number of pyridine rings is 1. The molecule has 1 atom stereocenters. The van der Waals surface area contributed by atoms with Gasteiger partial charge in [0.2, 0.25) is 0 Å². The molecule has 110 valence electrons. The van der Waals surface area contributed by atoms with E-state index in [1.54, 1.807) is 0 Å². The maximum Gasteiger partial charge on any atom is 0.126 e. The van der Waals surface area contributed by atoms with Gasteiger partial charge in [-0.1, -0.05) is 26.3 Å². The second kappa shape index (κ2) is 6.13. The second-order valence-corrected chi connectivity index (χ2v) is 6.80. The van der Waals surface area contributed by atoms with Gasteiger partial charge < -0.3 is 5.32 Å². The van der Waals surface area contributed by atoms with Crippen molar-refractivity contribution in [1.82, 2.24) is 9.88 Å². The molecule has 0 aromatic carbocycles. The van der Waals surface area contributed by atoms with Crippen LogP contribution in [0.25, 0.3) is 0 Å². The Balaban J connectivity index is 1.68. The number of piperidine rings is 1. The first-order chi connectivity index (χ1) is 9.72. The van der Waals surface area contributed by atoms with E-state index in [0.717, 1.165) is 11.7 Å². The quantitative estimate of drug-likeness (QED) is 0.883. The molecule has 2 heterocycles. The van der Waals surface area contributed by atoms with E-state index in [0.29, 0.717) is 12.1 Å². The number of nitrogens with one attached hydrogen (secondary N) is 1. The highest BCUT2D eigenvalue weighted by Crippen LogP contribution is 2.32. The van der Waals surface area contributed by atoms with Gasteiger partial charge in [0.05, 0.1) is 0 Å². The number of hydrogen-bond acceptors (Lipinski definition) is 3. The summed E-state index contributed by atoms with van der Waals surface area (Å²) in [5.74, 6) is 1.78. The zero-order valence-corrected chi connectivity index (χ0v) is 12.8. The summed E-state index contributed by atoms with van der Waals surface area (Å²) in [4.78, 5) is 7.26. The van der Waals surface area contributed by atoms with Crippen LogP contribution in [0.15, 0.2) is 18.3 Å². The van der Waals surface area contributed by atoms with Crippen LogP contribution in [0.3, 0.4) is 0 Å². The standard InChI is InChI=1S/C17H27N3/c1-13(2)12-20-10-4-3-5-16(20)14-6-9-17(18-11-14)19-15-7-8-15/h6,9,11,13,15-16H,3-5,7-8,10,12H2,1-2H3,(H,18,19)/t16-/m0/s1. The monoisotopic (exact) mass is 273 g/mol. The molecule has 3 heteroatoms. The molecule has 1 aromatic heterocycles. The molecular formula is C17H27N3. The molecule has 3 nitrogen and oxygen atoms in total. The molecule has 1 aliphatic carbocycles. The minimum atomic E-state index is 0.577. The lowest BCUT2D eigenvalue weighted by Gasteiger charge is -2.37. The third-order valence-electron chi connectivity index (χ3n) is 4.31. The smallest absolute Gasteiger partial charge is 0.126 e. The highest BCUT2D eigenvalue weighted by molar-refractivity contribution is 5.38. The Morgan fingerprint density at radius 3 is 2.75 bits per heavy atom. The summed E-state index contributed by atoms with van der Waals surface area (Å²) < 4.78 is 0. The van der Waals surface area contributed by atoms with Gasteiger partial charge in [0.1, 0.15) is 5.82 Å². The molecule has 2 fully saturated rings. The first-order valence-corrected chi connectivity index (χ1v) is 8.19. The Kier molecular flexibility index (Phi) is 4.25. The summed E-state index contributed by atoms with van der Waals surface area (Å²) in [5, 5.41) is 3.46. The number of rotatable bonds is 5. The van der Waals surface area contributed by atoms with E-state index < -0.39 is 0 Å². The maximum absolute atomic E-state index is 4.61. The molecule has 1 aromatic rings. The van der Waals surface area contributed by atoms with Gasteiger partial charge in [0, 0.05) is 24.8 Å². The fourth-order valence-electron chi connectivity index (χ4n) is 3.18. The van der Waals surface area contributed by atoms with Crippen LogP contribution < -0.4 is 5.32 Å². The predicted molar refractivity (Wildman–Crippen MR) is 83.9 cm³/mol. The van der Waals surface area contributed by atoms with E-state index in [9.17, 15) is 0 Å². The van der Waals surface area contributed by atoms with Crippen molar-refractivity contribution in [2.24, 2.45) is 5.92 Å². The second-order valence-electron chi connectivity index (χ2n) is 6.80. The average Bonchev–Trinajstić information content (AvgIpc) is 3.24. The summed E-state index contributed by atoms with van der Waals surface area (Å²) in [7, 11) is 0. The zero-order chi connectivity index (χ0) is 13.9. The molecule has 1 saturated carbocycles. The van der Waals surface area contributed by atoms with Crippen molar-refractivity contribution in [2.45, 2.75) is 58.0 Å². The van der Waals surface area contributed by atoms with E-state index in [2.05, 4.69) is 47.4 Å². The molecule has 0 spiro atoms. The lowest BCUT2D eigenvalue weighted by atomic mass is 9.95. The minimum absolute atomic E-state index is 0.577. The van der Waals surface area contributed by atoms with Crippen molar-refractivity contribution >= 4 is 5.82 Å². The van der Waals surface area contributed by atoms with E-state index in [4.69, 9.17) is 0 Å². The highest BCUT2D eigenvalue weighted by atomic mass is 15.2. The van der Waals surface area contributed by atoms with Crippen LogP contribution in [-0.4, -0.2) is 29.0 Å². The lowest BCUT2D eigenvalue weighted by molar-refractivity contribution is 0.132. The van der Waals surface area contributed by atoms with Gasteiger partial charge in [-0.15, -0.1) is 0 Å². The van der Waals surface area contributed by atoms with Gasteiger partial charge in [-0.3, -0.25) is 4.90 Å². The highest BCUT2D eigenvalue weighted by Gasteiger charge is 2.25. The molecule has 2 aliphatic rings. The summed E-state index contributed by atoms with van der Waals surface area (Å²) in [6.45, 7) is 7.07. The summed E-state index contributed by atoms with van der Waals surface area (Å²) in [6, 6.07) is 5.70. The molecule has 0 unspecified atom stereocenters. The van der Waals surface area contributed by atoms with Crippen LogP contribution in [0.2, 0.25) is 0 Å². The first-order valence-electron chi connectivity index (χ1n) is 8.19. The third-order valence-corrected chi connectivity index (χ3v) is 4.31. The predicted octanol–water partition coefficient (Wildman–Crippen LogP) is 3.84. The molecule has 1 aliphatic heterocycles. The van der Waals surface area contributed by atoms with Gasteiger partial charge in [0.25, 0.3) is 0 Å². The fraction of sp³-hybridized carbons (Fsp3) is 0.706. The molecule has 1 N–H and O–H groups in total. The van der Waals surface area contributed by atoms with Gasteiger partial charge in [-0.05, 0) is 49.8 Å². The van der Waals surface area contributed by atoms with Crippen LogP contribution in [0, 0.1) is 5.92 Å². The Bertz CT molecular complexity index is 422. The van der Waals surface area contributed by atoms with E-state index in [1.807, 2.05) is 0 Å². The molecule has 1 saturated heterocycles. The van der Waals surface area contributed by atoms with Crippen LogP contribution in [-0.2, 0) is 0 Å². The molecule has 0 amide bonds. The van der Waals surface area contributed by atoms with Crippen molar-refractivity contribution in [1.29, 1.82) is 0 Å². The minimum Gasteiger partial charge on any atom is -0.367 e. The Hall–Kier alpha value is -1.09. The Morgan fingerprint density at radius 2 is 2.10 bits per heavy atom. The summed E-state index contributed by atoms with van der Waals surface area (Å²) in [6.07, 6.45) is 8.67. The van der Waals surface area contributed by atoms with Gasteiger partial charge in [0.15, 0.2) is 0 Å². The Morgan fingerprint density at radius 1 is 1.25 bits per heavy atom. The van der Waals surface area contributed by atoms with Gasteiger partial charge in [-0.2, -0.15) is 0 Å². The fourth-order valence-corrected chi connectivity index (χ4v) is 3.18. The number of likely N-dealkylation sites (tertiary alicyclic amines) is 1. The first kappa shape index (κ1) is 13.9. The largest absolute Gasteiger partial charge is 0.367 e. The van der Waals surface area contributed by atoms with E-state index in [-0.39, 0.29) is 0 Å². The molecule has 3 rings (SSSR count). The van der Waals surface area contributed by atoms with Crippen molar-refractivity contribution in [3.8, 4) is 0 Å². The van der Waals surface area contributed by atoms with E-state index >= 15 is 0 Å². The molecule has 0 radical (unpaired) electrons. The molecule has 0 bridgehead atoms. The molecule has 20 heavy (non-hydrogen) atoms. The van der Waals surface area contributed by atoms with Gasteiger partial charge in [-0.25, -0.2) is 4.98 Å². The number of anilines is 1. The van der Waals surface area contributed by atoms with Crippen LogP contribution in [0.4, 0.5) is 5.82 Å². The van der Waals surface area contributed by atoms with Gasteiger partial charge >= 0.3 is 0 Å². The topological polar surface area (TPSA) is 28.2 Å². The third kappa shape index (κ3) is 3.51. The zero-order valence-electron chi connectivity index (χ0n) is 12.8. The normalized spacial score (nSPS) is 24.1. The summed E-state index contributed by atoms with van der Waals surface area (Å²) >= 11 is 0. The lowest BCUT2D eigenvalue weighted by Crippen LogP contribution is -2.36. The SMILES string of the molecule is CC(C)CN1CCCC[C@H]1c1ccc(NC2CC2)nc1. The number of nitrogens with zero attached hydrogens (tertiary/aromatic N) is 2. The van der Waals surface area contributed by atoms with Crippen LogP contribution in [0.1, 0.15) is 57.6 Å². The van der Waals surface area contributed by atoms with Crippen LogP contribution >= 0.6 is 0 Å². The Labute approximate surface area is 122 Å². The van der Waals surface area contributed by atoms with Crippen molar-refractivity contribution in [3.63, 3.8) is 0 Å². The maximum atomic E-state index is 4.61. The number of aromatic nitrogens is 1. The van der Waals surface area contributed by atoms with Crippen molar-refractivity contribution in [3.05, 3.63) is 23.9 Å².